The molecule has 1 N–H and O–H groups in total. The number of hydrogen-bond donors (Lipinski definition) is 1. The first-order valence-electron chi connectivity index (χ1n) is 4.76. The van der Waals surface area contributed by atoms with E-state index in [1.807, 2.05) is 13.1 Å². The monoisotopic (exact) mass is 204 g/mol. The van der Waals surface area contributed by atoms with Crippen LogP contribution in [0.2, 0.25) is 0 Å². The van der Waals surface area contributed by atoms with Gasteiger partial charge in [0.1, 0.15) is 12.4 Å². The predicted octanol–water partition coefficient (Wildman–Crippen LogP) is 0.775. The van der Waals surface area contributed by atoms with Crippen LogP contribution in [0.15, 0.2) is 31.1 Å². The lowest BCUT2D eigenvalue weighted by Crippen LogP contribution is -1.99. The second-order valence-electron chi connectivity index (χ2n) is 3.20. The molecule has 15 heavy (non-hydrogen) atoms. The number of aliphatic hydroxyl groups is 1. The number of aromatic nitrogens is 4. The minimum atomic E-state index is -0.702. The first-order chi connectivity index (χ1) is 7.31. The molecule has 5 nitrogen and oxygen atoms in total. The molecule has 2 heterocycles. The van der Waals surface area contributed by atoms with Gasteiger partial charge in [-0.1, -0.05) is 0 Å². The van der Waals surface area contributed by atoms with Crippen molar-refractivity contribution in [3.05, 3.63) is 42.2 Å². The number of nitrogens with zero attached hydrogens (tertiary/aromatic N) is 4. The fraction of sp³-hybridized carbons (Fsp3) is 0.300. The van der Waals surface area contributed by atoms with Gasteiger partial charge in [-0.2, -0.15) is 5.10 Å². The van der Waals surface area contributed by atoms with Crippen LogP contribution in [0, 0.1) is 0 Å². The van der Waals surface area contributed by atoms with E-state index < -0.39 is 6.10 Å². The number of aliphatic hydroxyl groups excluding tert-OH is 1. The Kier molecular flexibility index (Phi) is 2.73. The minimum absolute atomic E-state index is 0.674. The third-order valence-electron chi connectivity index (χ3n) is 2.19. The van der Waals surface area contributed by atoms with Crippen LogP contribution in [0.1, 0.15) is 24.2 Å². The average molecular weight is 204 g/mol. The van der Waals surface area contributed by atoms with Gasteiger partial charge in [-0.3, -0.25) is 4.68 Å². The van der Waals surface area contributed by atoms with Crippen molar-refractivity contribution in [2.45, 2.75) is 19.6 Å². The molecule has 2 aromatic rings. The maximum absolute atomic E-state index is 9.97. The largest absolute Gasteiger partial charge is 0.383 e. The van der Waals surface area contributed by atoms with Gasteiger partial charge < -0.3 is 5.11 Å². The Hall–Kier alpha value is -1.75. The Bertz CT molecular complexity index is 426. The molecule has 1 unspecified atom stereocenters. The highest BCUT2D eigenvalue weighted by atomic mass is 16.3. The Morgan fingerprint density at radius 3 is 2.60 bits per heavy atom. The molecule has 0 saturated carbocycles. The van der Waals surface area contributed by atoms with Gasteiger partial charge in [-0.05, 0) is 6.92 Å². The molecule has 0 aliphatic rings. The third-order valence-corrected chi connectivity index (χ3v) is 2.19. The second kappa shape index (κ2) is 4.18. The molecule has 0 saturated heterocycles. The summed E-state index contributed by atoms with van der Waals surface area (Å²) in [6.45, 7) is 2.78. The van der Waals surface area contributed by atoms with E-state index in [4.69, 9.17) is 0 Å². The van der Waals surface area contributed by atoms with Crippen molar-refractivity contribution in [2.75, 3.05) is 0 Å². The predicted molar refractivity (Wildman–Crippen MR) is 54.0 cm³/mol. The lowest BCUT2D eigenvalue weighted by atomic mass is 10.1. The van der Waals surface area contributed by atoms with Crippen molar-refractivity contribution in [2.24, 2.45) is 0 Å². The maximum Gasteiger partial charge on any atom is 0.115 e. The summed E-state index contributed by atoms with van der Waals surface area (Å²) in [7, 11) is 0. The van der Waals surface area contributed by atoms with Gasteiger partial charge in [0.25, 0.3) is 0 Å². The summed E-state index contributed by atoms with van der Waals surface area (Å²) in [5, 5.41) is 14.1. The average Bonchev–Trinajstić information content (AvgIpc) is 2.78. The molecule has 78 valence electrons. The van der Waals surface area contributed by atoms with Gasteiger partial charge in [0.15, 0.2) is 0 Å². The topological polar surface area (TPSA) is 63.8 Å². The van der Waals surface area contributed by atoms with Gasteiger partial charge in [-0.15, -0.1) is 0 Å². The normalized spacial score (nSPS) is 12.7. The number of hydrogen-bond acceptors (Lipinski definition) is 4. The van der Waals surface area contributed by atoms with Gasteiger partial charge in [0, 0.05) is 36.3 Å². The van der Waals surface area contributed by atoms with E-state index >= 15 is 0 Å². The Morgan fingerprint density at radius 2 is 2.00 bits per heavy atom. The van der Waals surface area contributed by atoms with Crippen LogP contribution in [0.4, 0.5) is 0 Å². The van der Waals surface area contributed by atoms with Crippen molar-refractivity contribution >= 4 is 0 Å². The molecule has 2 rings (SSSR count). The fourth-order valence-electron chi connectivity index (χ4n) is 1.34. The molecule has 0 amide bonds. The first-order valence-corrected chi connectivity index (χ1v) is 4.76. The molecule has 0 fully saturated rings. The van der Waals surface area contributed by atoms with Crippen molar-refractivity contribution in [3.63, 3.8) is 0 Å². The summed E-state index contributed by atoms with van der Waals surface area (Å²) in [4.78, 5) is 7.72. The van der Waals surface area contributed by atoms with E-state index in [0.29, 0.717) is 5.56 Å². The fourth-order valence-corrected chi connectivity index (χ4v) is 1.34. The van der Waals surface area contributed by atoms with Gasteiger partial charge >= 0.3 is 0 Å². The molecule has 0 aliphatic carbocycles. The van der Waals surface area contributed by atoms with Gasteiger partial charge in [0.05, 0.1) is 6.20 Å². The van der Waals surface area contributed by atoms with Gasteiger partial charge in [-0.25, -0.2) is 9.97 Å². The standard InChI is InChI=1S/C10H12N4O/c1-2-14-6-9(5-13-14)10(15)8-3-11-7-12-4-8/h3-7,10,15H,2H2,1H3. The zero-order chi connectivity index (χ0) is 10.7. The summed E-state index contributed by atoms with van der Waals surface area (Å²) in [6.07, 6.45) is 7.40. The minimum Gasteiger partial charge on any atom is -0.383 e. The van der Waals surface area contributed by atoms with E-state index in [2.05, 4.69) is 15.1 Å². The molecule has 0 bridgehead atoms. The molecule has 0 spiro atoms. The van der Waals surface area contributed by atoms with E-state index in [0.717, 1.165) is 12.1 Å². The molecule has 1 atom stereocenters. The van der Waals surface area contributed by atoms with Crippen molar-refractivity contribution in [1.82, 2.24) is 19.7 Å². The van der Waals surface area contributed by atoms with Crippen LogP contribution in [0.5, 0.6) is 0 Å². The summed E-state index contributed by atoms with van der Waals surface area (Å²) >= 11 is 0. The zero-order valence-electron chi connectivity index (χ0n) is 8.41. The highest BCUT2D eigenvalue weighted by Crippen LogP contribution is 2.19. The maximum atomic E-state index is 9.97. The number of rotatable bonds is 3. The summed E-state index contributed by atoms with van der Waals surface area (Å²) < 4.78 is 1.77. The van der Waals surface area contributed by atoms with Crippen LogP contribution in [0.25, 0.3) is 0 Å². The van der Waals surface area contributed by atoms with Crippen LogP contribution in [-0.4, -0.2) is 24.9 Å². The van der Waals surface area contributed by atoms with Crippen LogP contribution in [0.3, 0.4) is 0 Å². The van der Waals surface area contributed by atoms with Crippen molar-refractivity contribution in [3.8, 4) is 0 Å². The van der Waals surface area contributed by atoms with Crippen LogP contribution < -0.4 is 0 Å². The van der Waals surface area contributed by atoms with Gasteiger partial charge in [0.2, 0.25) is 0 Å². The smallest absolute Gasteiger partial charge is 0.115 e. The lowest BCUT2D eigenvalue weighted by molar-refractivity contribution is 0.219. The Balaban J connectivity index is 2.24. The molecular weight excluding hydrogens is 192 g/mol. The quantitative estimate of drug-likeness (QED) is 0.802. The van der Waals surface area contributed by atoms with Crippen LogP contribution >= 0.6 is 0 Å². The lowest BCUT2D eigenvalue weighted by Gasteiger charge is -2.06. The van der Waals surface area contributed by atoms with E-state index in [9.17, 15) is 5.11 Å². The highest BCUT2D eigenvalue weighted by Gasteiger charge is 2.12. The van der Waals surface area contributed by atoms with Crippen molar-refractivity contribution < 1.29 is 5.11 Å². The first kappa shape index (κ1) is 9.79. The SMILES string of the molecule is CCn1cc(C(O)c2cncnc2)cn1. The molecule has 0 aromatic carbocycles. The molecule has 0 radical (unpaired) electrons. The Labute approximate surface area is 87.4 Å². The summed E-state index contributed by atoms with van der Waals surface area (Å²) in [6, 6.07) is 0. The summed E-state index contributed by atoms with van der Waals surface area (Å²) in [5.41, 5.74) is 1.43. The highest BCUT2D eigenvalue weighted by molar-refractivity contribution is 5.21. The summed E-state index contributed by atoms with van der Waals surface area (Å²) in [5.74, 6) is 0. The zero-order valence-corrected chi connectivity index (χ0v) is 8.41. The Morgan fingerprint density at radius 1 is 1.27 bits per heavy atom. The van der Waals surface area contributed by atoms with E-state index in [-0.39, 0.29) is 0 Å². The van der Waals surface area contributed by atoms with E-state index in [1.54, 1.807) is 23.3 Å². The molecular formula is C10H12N4O. The van der Waals surface area contributed by atoms with Crippen molar-refractivity contribution in [1.29, 1.82) is 0 Å². The molecule has 0 aliphatic heterocycles. The van der Waals surface area contributed by atoms with E-state index in [1.165, 1.54) is 6.33 Å². The second-order valence-corrected chi connectivity index (χ2v) is 3.20. The third kappa shape index (κ3) is 2.02. The van der Waals surface area contributed by atoms with Crippen LogP contribution in [-0.2, 0) is 6.54 Å². The number of aryl methyl sites for hydroxylation is 1. The molecule has 2 aromatic heterocycles. The molecule has 5 heteroatoms.